The molecule has 28 heavy (non-hydrogen) atoms. The van der Waals surface area contributed by atoms with Gasteiger partial charge in [0.2, 0.25) is 5.91 Å². The van der Waals surface area contributed by atoms with Crippen molar-refractivity contribution in [2.75, 3.05) is 6.54 Å². The smallest absolute Gasteiger partial charge is 0.320 e. The van der Waals surface area contributed by atoms with Crippen LogP contribution >= 0.6 is 7.59 Å². The first kappa shape index (κ1) is 19.8. The number of amides is 3. The van der Waals surface area contributed by atoms with Crippen molar-refractivity contribution in [2.45, 2.75) is 18.9 Å². The Bertz CT molecular complexity index is 863. The van der Waals surface area contributed by atoms with Gasteiger partial charge in [0.25, 0.3) is 11.8 Å². The van der Waals surface area contributed by atoms with Crippen LogP contribution in [0, 0.1) is 0 Å². The second-order valence-electron chi connectivity index (χ2n) is 6.40. The molecule has 1 atom stereocenters. The number of piperidine rings is 1. The number of nitrogens with two attached hydrogens (primary N) is 1. The maximum absolute atomic E-state index is 13.7. The molecule has 9 heteroatoms. The van der Waals surface area contributed by atoms with Crippen LogP contribution in [0.15, 0.2) is 60.7 Å². The van der Waals surface area contributed by atoms with E-state index in [1.165, 1.54) is 0 Å². The molecule has 0 spiro atoms. The van der Waals surface area contributed by atoms with E-state index < -0.39 is 31.4 Å². The van der Waals surface area contributed by atoms with Crippen LogP contribution in [0.1, 0.15) is 33.6 Å². The summed E-state index contributed by atoms with van der Waals surface area (Å²) in [5.41, 5.74) is 6.32. The quantitative estimate of drug-likeness (QED) is 0.662. The fourth-order valence-corrected chi connectivity index (χ4v) is 4.85. The first-order valence-corrected chi connectivity index (χ1v) is 10.5. The molecule has 2 aromatic carbocycles. The SMILES string of the molecule is N[C@H]1CCCN(P(=O)(NC(=O)c2ccccc2)NC(=O)c2ccccc2)C1=O. The Hall–Kier alpha value is -2.96. The summed E-state index contributed by atoms with van der Waals surface area (Å²) in [6.07, 6.45) is 0.966. The molecule has 1 heterocycles. The van der Waals surface area contributed by atoms with Gasteiger partial charge in [0.1, 0.15) is 0 Å². The number of benzene rings is 2. The molecule has 2 aromatic rings. The summed E-state index contributed by atoms with van der Waals surface area (Å²) in [7, 11) is -4.13. The lowest BCUT2D eigenvalue weighted by Gasteiger charge is -2.36. The fraction of sp³-hybridized carbons (Fsp3) is 0.211. The average Bonchev–Trinajstić information content (AvgIpc) is 2.71. The second kappa shape index (κ2) is 8.37. The summed E-state index contributed by atoms with van der Waals surface area (Å²) >= 11 is 0. The summed E-state index contributed by atoms with van der Waals surface area (Å²) in [5.74, 6) is -1.90. The summed E-state index contributed by atoms with van der Waals surface area (Å²) in [5, 5.41) is 4.73. The van der Waals surface area contributed by atoms with Crippen molar-refractivity contribution in [2.24, 2.45) is 5.73 Å². The Morgan fingerprint density at radius 1 is 0.929 bits per heavy atom. The van der Waals surface area contributed by atoms with Gasteiger partial charge < -0.3 is 5.73 Å². The molecule has 0 bridgehead atoms. The molecule has 0 radical (unpaired) electrons. The molecule has 8 nitrogen and oxygen atoms in total. The Morgan fingerprint density at radius 3 is 1.86 bits per heavy atom. The van der Waals surface area contributed by atoms with Gasteiger partial charge in [0.15, 0.2) is 0 Å². The maximum Gasteiger partial charge on any atom is 0.362 e. The molecule has 4 N–H and O–H groups in total. The van der Waals surface area contributed by atoms with Gasteiger partial charge in [0, 0.05) is 17.7 Å². The third kappa shape index (κ3) is 4.30. The first-order valence-electron chi connectivity index (χ1n) is 8.83. The number of carbonyl (C=O) groups is 3. The fourth-order valence-electron chi connectivity index (χ4n) is 2.90. The molecule has 1 aliphatic rings. The van der Waals surface area contributed by atoms with Gasteiger partial charge in [-0.2, -0.15) is 0 Å². The van der Waals surface area contributed by atoms with Gasteiger partial charge in [-0.15, -0.1) is 0 Å². The molecule has 1 aliphatic heterocycles. The van der Waals surface area contributed by atoms with Crippen LogP contribution in [0.25, 0.3) is 0 Å². The molecule has 1 saturated heterocycles. The molecular formula is C19H21N4O4P. The van der Waals surface area contributed by atoms with Crippen LogP contribution in [0.2, 0.25) is 0 Å². The largest absolute Gasteiger partial charge is 0.362 e. The summed E-state index contributed by atoms with van der Waals surface area (Å²) < 4.78 is 14.7. The van der Waals surface area contributed by atoms with Gasteiger partial charge in [-0.1, -0.05) is 36.4 Å². The van der Waals surface area contributed by atoms with Gasteiger partial charge in [0.05, 0.1) is 6.04 Å². The highest BCUT2D eigenvalue weighted by atomic mass is 31.2. The van der Waals surface area contributed by atoms with Crippen LogP contribution < -0.4 is 15.9 Å². The van der Waals surface area contributed by atoms with Gasteiger partial charge in [-0.3, -0.25) is 29.2 Å². The third-order valence-corrected chi connectivity index (χ3v) is 6.46. The van der Waals surface area contributed by atoms with Crippen molar-refractivity contribution in [1.29, 1.82) is 0 Å². The molecule has 0 aliphatic carbocycles. The highest BCUT2D eigenvalue weighted by molar-refractivity contribution is 7.59. The first-order chi connectivity index (χ1) is 13.4. The number of hydrogen-bond acceptors (Lipinski definition) is 5. The molecule has 0 unspecified atom stereocenters. The third-order valence-electron chi connectivity index (χ3n) is 4.37. The molecule has 146 valence electrons. The number of carbonyl (C=O) groups excluding carboxylic acids is 3. The second-order valence-corrected chi connectivity index (χ2v) is 8.48. The Labute approximate surface area is 162 Å². The minimum Gasteiger partial charge on any atom is -0.320 e. The average molecular weight is 400 g/mol. The van der Waals surface area contributed by atoms with E-state index in [-0.39, 0.29) is 17.7 Å². The predicted octanol–water partition coefficient (Wildman–Crippen LogP) is 1.90. The van der Waals surface area contributed by atoms with E-state index >= 15 is 0 Å². The van der Waals surface area contributed by atoms with Crippen LogP contribution in [-0.4, -0.2) is 35.0 Å². The van der Waals surface area contributed by atoms with Crippen LogP contribution in [0.3, 0.4) is 0 Å². The molecule has 0 saturated carbocycles. The molecular weight excluding hydrogens is 379 g/mol. The zero-order chi connectivity index (χ0) is 20.1. The lowest BCUT2D eigenvalue weighted by molar-refractivity contribution is -0.129. The highest BCUT2D eigenvalue weighted by Crippen LogP contribution is 2.43. The van der Waals surface area contributed by atoms with E-state index in [4.69, 9.17) is 5.73 Å². The van der Waals surface area contributed by atoms with E-state index in [0.717, 1.165) is 4.67 Å². The standard InChI is InChI=1S/C19H21N4O4P/c20-16-12-7-13-23(19(16)26)28(27,21-17(24)14-8-3-1-4-9-14)22-18(25)15-10-5-2-6-11-15/h1-6,8-11,16H,7,12-13,20H2,(H2,21,22,24,25,27)/t16-/m0/s1. The van der Waals surface area contributed by atoms with Crippen molar-refractivity contribution < 1.29 is 18.9 Å². The van der Waals surface area contributed by atoms with E-state index in [2.05, 4.69) is 10.2 Å². The van der Waals surface area contributed by atoms with E-state index in [1.807, 2.05) is 0 Å². The number of hydrogen-bond donors (Lipinski definition) is 3. The van der Waals surface area contributed by atoms with Crippen molar-refractivity contribution in [3.8, 4) is 0 Å². The predicted molar refractivity (Wildman–Crippen MR) is 104 cm³/mol. The van der Waals surface area contributed by atoms with Crippen LogP contribution in [0.4, 0.5) is 0 Å². The molecule has 3 amide bonds. The highest BCUT2D eigenvalue weighted by Gasteiger charge is 2.41. The number of nitrogens with one attached hydrogen (secondary N) is 2. The van der Waals surface area contributed by atoms with Crippen molar-refractivity contribution >= 4 is 25.3 Å². The lowest BCUT2D eigenvalue weighted by Crippen LogP contribution is -2.51. The van der Waals surface area contributed by atoms with E-state index in [9.17, 15) is 18.9 Å². The van der Waals surface area contributed by atoms with Crippen molar-refractivity contribution in [3.63, 3.8) is 0 Å². The Balaban J connectivity index is 1.91. The minimum atomic E-state index is -4.13. The van der Waals surface area contributed by atoms with Gasteiger partial charge in [-0.25, -0.2) is 4.57 Å². The minimum absolute atomic E-state index is 0.119. The Kier molecular flexibility index (Phi) is 5.92. The Morgan fingerprint density at radius 2 is 1.39 bits per heavy atom. The van der Waals surface area contributed by atoms with Crippen LogP contribution in [-0.2, 0) is 9.36 Å². The zero-order valence-corrected chi connectivity index (χ0v) is 16.0. The zero-order valence-electron chi connectivity index (χ0n) is 15.1. The summed E-state index contributed by atoms with van der Waals surface area (Å²) in [6, 6.07) is 15.4. The maximum atomic E-state index is 13.7. The molecule has 0 aromatic heterocycles. The molecule has 3 rings (SSSR count). The van der Waals surface area contributed by atoms with Gasteiger partial charge in [-0.05, 0) is 37.1 Å². The van der Waals surface area contributed by atoms with Crippen molar-refractivity contribution in [1.82, 2.24) is 14.8 Å². The molecule has 1 fully saturated rings. The summed E-state index contributed by atoms with van der Waals surface area (Å²) in [6.45, 7) is 0.119. The topological polar surface area (TPSA) is 122 Å². The van der Waals surface area contributed by atoms with E-state index in [1.54, 1.807) is 60.7 Å². The van der Waals surface area contributed by atoms with Gasteiger partial charge >= 0.3 is 7.59 Å². The number of nitrogens with zero attached hydrogens (tertiary/aromatic N) is 1. The lowest BCUT2D eigenvalue weighted by atomic mass is 10.1. The normalized spacial score (nSPS) is 17.1. The van der Waals surface area contributed by atoms with Crippen LogP contribution in [0.5, 0.6) is 0 Å². The van der Waals surface area contributed by atoms with E-state index in [0.29, 0.717) is 12.8 Å². The number of rotatable bonds is 5. The van der Waals surface area contributed by atoms with Crippen molar-refractivity contribution in [3.05, 3.63) is 71.8 Å². The monoisotopic (exact) mass is 400 g/mol. The summed E-state index contributed by atoms with van der Waals surface area (Å²) in [4.78, 5) is 37.7.